The van der Waals surface area contributed by atoms with Crippen molar-refractivity contribution in [1.29, 1.82) is 5.26 Å². The Hall–Kier alpha value is -1.50. The van der Waals surface area contributed by atoms with Gasteiger partial charge in [0.25, 0.3) is 0 Å². The van der Waals surface area contributed by atoms with E-state index in [2.05, 4.69) is 6.07 Å². The molecule has 0 bridgehead atoms. The van der Waals surface area contributed by atoms with Gasteiger partial charge in [-0.05, 0) is 37.0 Å². The average molecular weight is 225 g/mol. The van der Waals surface area contributed by atoms with E-state index in [9.17, 15) is 13.2 Å². The fourth-order valence-electron chi connectivity index (χ4n) is 1.68. The molecule has 84 valence electrons. The van der Waals surface area contributed by atoms with Crippen LogP contribution in [0, 0.1) is 16.7 Å². The second-order valence-electron chi connectivity index (χ2n) is 4.26. The topological polar surface area (TPSA) is 23.8 Å². The Morgan fingerprint density at radius 3 is 2.12 bits per heavy atom. The minimum Gasteiger partial charge on any atom is -0.198 e. The van der Waals surface area contributed by atoms with Crippen LogP contribution in [0.5, 0.6) is 0 Å². The summed E-state index contributed by atoms with van der Waals surface area (Å²) in [6.07, 6.45) is -2.03. The Kier molecular flexibility index (Phi) is 2.42. The van der Waals surface area contributed by atoms with Gasteiger partial charge in [0, 0.05) is 0 Å². The second-order valence-corrected chi connectivity index (χ2v) is 4.26. The lowest BCUT2D eigenvalue weighted by Crippen LogP contribution is -2.06. The van der Waals surface area contributed by atoms with Gasteiger partial charge < -0.3 is 0 Å². The molecule has 0 spiro atoms. The molecule has 1 aromatic carbocycles. The molecule has 1 saturated carbocycles. The smallest absolute Gasteiger partial charge is 0.198 e. The van der Waals surface area contributed by atoms with Gasteiger partial charge in [0.2, 0.25) is 0 Å². The van der Waals surface area contributed by atoms with Crippen LogP contribution >= 0.6 is 0 Å². The summed E-state index contributed by atoms with van der Waals surface area (Å²) in [5.41, 5.74) is -0.148. The van der Waals surface area contributed by atoms with Gasteiger partial charge in [-0.3, -0.25) is 0 Å². The molecule has 0 radical (unpaired) electrons. The highest BCUT2D eigenvalue weighted by atomic mass is 19.4. The number of hydrogen-bond acceptors (Lipinski definition) is 1. The lowest BCUT2D eigenvalue weighted by molar-refractivity contribution is -0.137. The molecule has 1 fully saturated rings. The molecular formula is C12H10F3N. The summed E-state index contributed by atoms with van der Waals surface area (Å²) in [4.78, 5) is 0. The van der Waals surface area contributed by atoms with E-state index in [0.29, 0.717) is 6.42 Å². The first-order valence-corrected chi connectivity index (χ1v) is 5.03. The van der Waals surface area contributed by atoms with Crippen molar-refractivity contribution in [2.75, 3.05) is 0 Å². The normalized spacial score (nSPS) is 17.9. The lowest BCUT2D eigenvalue weighted by Gasteiger charge is -2.09. The van der Waals surface area contributed by atoms with Crippen LogP contribution in [0.3, 0.4) is 0 Å². The van der Waals surface area contributed by atoms with Crippen LogP contribution < -0.4 is 0 Å². The van der Waals surface area contributed by atoms with Gasteiger partial charge >= 0.3 is 6.18 Å². The third-order valence-electron chi connectivity index (χ3n) is 2.91. The van der Waals surface area contributed by atoms with Gasteiger partial charge in [-0.25, -0.2) is 0 Å². The molecule has 0 saturated heterocycles. The maximum atomic E-state index is 12.3. The first kappa shape index (κ1) is 11.0. The van der Waals surface area contributed by atoms with Crippen molar-refractivity contribution in [3.05, 3.63) is 35.4 Å². The number of nitriles is 1. The van der Waals surface area contributed by atoms with Crippen LogP contribution in [0.2, 0.25) is 0 Å². The fourth-order valence-corrected chi connectivity index (χ4v) is 1.68. The van der Waals surface area contributed by atoms with Gasteiger partial charge in [-0.15, -0.1) is 0 Å². The molecule has 0 aliphatic heterocycles. The van der Waals surface area contributed by atoms with E-state index < -0.39 is 11.7 Å². The lowest BCUT2D eigenvalue weighted by atomic mass is 9.97. The highest BCUT2D eigenvalue weighted by Gasteiger charge is 2.43. The summed E-state index contributed by atoms with van der Waals surface area (Å²) in [6, 6.07) is 7.29. The Morgan fingerprint density at radius 2 is 1.75 bits per heavy atom. The van der Waals surface area contributed by atoms with Crippen LogP contribution in [-0.2, 0) is 12.6 Å². The molecule has 1 aliphatic rings. The molecule has 1 aromatic rings. The van der Waals surface area contributed by atoms with Crippen molar-refractivity contribution < 1.29 is 13.2 Å². The highest BCUT2D eigenvalue weighted by Crippen LogP contribution is 2.47. The Labute approximate surface area is 91.5 Å². The predicted octanol–water partition coefficient (Wildman–Crippen LogP) is 3.55. The molecule has 16 heavy (non-hydrogen) atoms. The van der Waals surface area contributed by atoms with Crippen LogP contribution in [0.1, 0.15) is 24.0 Å². The molecule has 1 nitrogen and oxygen atoms in total. The number of benzene rings is 1. The molecule has 0 N–H and O–H groups in total. The molecule has 2 rings (SSSR count). The van der Waals surface area contributed by atoms with Crippen molar-refractivity contribution >= 4 is 0 Å². The number of rotatable bonds is 2. The van der Waals surface area contributed by atoms with Gasteiger partial charge in [-0.1, -0.05) is 12.1 Å². The zero-order chi connectivity index (χ0) is 11.8. The minimum absolute atomic E-state index is 0.306. The van der Waals surface area contributed by atoms with Gasteiger partial charge in [0.05, 0.1) is 17.0 Å². The summed E-state index contributed by atoms with van der Waals surface area (Å²) >= 11 is 0. The summed E-state index contributed by atoms with van der Waals surface area (Å²) in [6.45, 7) is 0. The molecule has 1 aliphatic carbocycles. The maximum Gasteiger partial charge on any atom is 0.416 e. The minimum atomic E-state index is -4.29. The SMILES string of the molecule is N#CC1(Cc2ccc(C(F)(F)F)cc2)CC1. The zero-order valence-corrected chi connectivity index (χ0v) is 8.51. The number of alkyl halides is 3. The molecule has 4 heteroatoms. The number of nitrogens with zero attached hydrogens (tertiary/aromatic N) is 1. The first-order chi connectivity index (χ1) is 7.45. The zero-order valence-electron chi connectivity index (χ0n) is 8.51. The second kappa shape index (κ2) is 3.51. The fraction of sp³-hybridized carbons (Fsp3) is 0.417. The Morgan fingerprint density at radius 1 is 1.19 bits per heavy atom. The molecule has 0 aromatic heterocycles. The van der Waals surface area contributed by atoms with Crippen LogP contribution in [0.4, 0.5) is 13.2 Å². The summed E-state index contributed by atoms with van der Waals surface area (Å²) in [7, 11) is 0. The van der Waals surface area contributed by atoms with E-state index in [1.54, 1.807) is 0 Å². The monoisotopic (exact) mass is 225 g/mol. The maximum absolute atomic E-state index is 12.3. The third-order valence-corrected chi connectivity index (χ3v) is 2.91. The molecule has 0 unspecified atom stereocenters. The van der Waals surface area contributed by atoms with E-state index in [1.807, 2.05) is 0 Å². The molecule has 0 heterocycles. The van der Waals surface area contributed by atoms with Crippen molar-refractivity contribution in [2.24, 2.45) is 5.41 Å². The van der Waals surface area contributed by atoms with E-state index in [-0.39, 0.29) is 5.41 Å². The van der Waals surface area contributed by atoms with Crippen LogP contribution in [0.15, 0.2) is 24.3 Å². The van der Waals surface area contributed by atoms with Crippen LogP contribution in [0.25, 0.3) is 0 Å². The van der Waals surface area contributed by atoms with E-state index in [1.165, 1.54) is 12.1 Å². The quantitative estimate of drug-likeness (QED) is 0.755. The number of hydrogen-bond donors (Lipinski definition) is 0. The van der Waals surface area contributed by atoms with Crippen molar-refractivity contribution in [3.8, 4) is 6.07 Å². The Bertz CT molecular complexity index is 421. The van der Waals surface area contributed by atoms with Crippen molar-refractivity contribution in [1.82, 2.24) is 0 Å². The van der Waals surface area contributed by atoms with E-state index in [0.717, 1.165) is 30.5 Å². The van der Waals surface area contributed by atoms with Gasteiger partial charge in [-0.2, -0.15) is 18.4 Å². The van der Waals surface area contributed by atoms with E-state index in [4.69, 9.17) is 5.26 Å². The standard InChI is InChI=1S/C12H10F3N/c13-12(14,15)10-3-1-9(2-4-10)7-11(8-16)5-6-11/h1-4H,5-7H2. The number of halogens is 3. The third kappa shape index (κ3) is 2.19. The molecular weight excluding hydrogens is 215 g/mol. The molecule has 0 amide bonds. The van der Waals surface area contributed by atoms with Crippen LogP contribution in [-0.4, -0.2) is 0 Å². The summed E-state index contributed by atoms with van der Waals surface area (Å²) in [5.74, 6) is 0. The summed E-state index contributed by atoms with van der Waals surface area (Å²) < 4.78 is 36.9. The van der Waals surface area contributed by atoms with E-state index >= 15 is 0 Å². The summed E-state index contributed by atoms with van der Waals surface area (Å²) in [5, 5.41) is 8.87. The Balaban J connectivity index is 2.12. The molecule has 0 atom stereocenters. The van der Waals surface area contributed by atoms with Gasteiger partial charge in [0.1, 0.15) is 0 Å². The van der Waals surface area contributed by atoms with Gasteiger partial charge in [0.15, 0.2) is 0 Å². The average Bonchev–Trinajstić information content (AvgIpc) is 2.98. The predicted molar refractivity (Wildman–Crippen MR) is 52.4 cm³/mol. The van der Waals surface area contributed by atoms with Crippen molar-refractivity contribution in [2.45, 2.75) is 25.4 Å². The van der Waals surface area contributed by atoms with Crippen molar-refractivity contribution in [3.63, 3.8) is 0 Å². The highest BCUT2D eigenvalue weighted by molar-refractivity contribution is 5.28. The first-order valence-electron chi connectivity index (χ1n) is 5.03. The largest absolute Gasteiger partial charge is 0.416 e.